The van der Waals surface area contributed by atoms with Crippen LogP contribution in [0.4, 0.5) is 0 Å². The number of hydrogen-bond donors (Lipinski definition) is 1. The smallest absolute Gasteiger partial charge is 0.220 e. The minimum absolute atomic E-state index is 0.0565. The molecule has 2 unspecified atom stereocenters. The van der Waals surface area contributed by atoms with Crippen molar-refractivity contribution in [3.05, 3.63) is 23.3 Å². The van der Waals surface area contributed by atoms with Crippen molar-refractivity contribution in [2.75, 3.05) is 0 Å². The van der Waals surface area contributed by atoms with Crippen molar-refractivity contribution >= 4 is 17.5 Å². The van der Waals surface area contributed by atoms with E-state index in [-0.39, 0.29) is 68.5 Å². The molecule has 1 amide bonds. The van der Waals surface area contributed by atoms with Gasteiger partial charge in [-0.15, -0.1) is 0 Å². The average molecular weight is 505 g/mol. The second-order valence-electron chi connectivity index (χ2n) is 14.5. The highest BCUT2D eigenvalue weighted by molar-refractivity contribution is 6.02. The largest absolute Gasteiger partial charge is 0.350 e. The molecule has 0 aromatic carbocycles. The van der Waals surface area contributed by atoms with Crippen molar-refractivity contribution in [2.24, 2.45) is 45.3 Å². The quantitative estimate of drug-likeness (QED) is 0.493. The summed E-state index contributed by atoms with van der Waals surface area (Å²) in [4.78, 5) is 40.0. The van der Waals surface area contributed by atoms with Crippen molar-refractivity contribution < 1.29 is 14.4 Å². The van der Waals surface area contributed by atoms with Gasteiger partial charge in [-0.25, -0.2) is 0 Å². The number of nitriles is 1. The Hall–Kier alpha value is -2.22. The van der Waals surface area contributed by atoms with Crippen LogP contribution in [0.3, 0.4) is 0 Å². The first-order chi connectivity index (χ1) is 17.2. The highest BCUT2D eigenvalue weighted by Crippen LogP contribution is 2.72. The fraction of sp³-hybridized carbons (Fsp3) is 0.750. The Bertz CT molecular complexity index is 1170. The molecule has 0 heterocycles. The number of Topliss-reactive ketones (excluding diaryl/α,β-unsaturated/α-hetero) is 1. The van der Waals surface area contributed by atoms with Crippen molar-refractivity contribution in [3.8, 4) is 6.07 Å². The van der Waals surface area contributed by atoms with Crippen LogP contribution in [0, 0.1) is 56.7 Å². The second kappa shape index (κ2) is 8.14. The van der Waals surface area contributed by atoms with Crippen LogP contribution in [0.5, 0.6) is 0 Å². The molecule has 0 aliphatic heterocycles. The molecule has 5 nitrogen and oxygen atoms in total. The van der Waals surface area contributed by atoms with Crippen LogP contribution in [0.15, 0.2) is 23.3 Å². The molecule has 5 aliphatic rings. The van der Waals surface area contributed by atoms with E-state index in [4.69, 9.17) is 0 Å². The molecule has 37 heavy (non-hydrogen) atoms. The van der Waals surface area contributed by atoms with E-state index >= 15 is 0 Å². The molecule has 0 bridgehead atoms. The summed E-state index contributed by atoms with van der Waals surface area (Å²) in [5, 5.41) is 13.2. The molecular weight excluding hydrogens is 460 g/mol. The Labute approximate surface area is 222 Å². The molecule has 3 fully saturated rings. The van der Waals surface area contributed by atoms with Crippen molar-refractivity contribution in [2.45, 2.75) is 105 Å². The third-order valence-corrected chi connectivity index (χ3v) is 12.2. The number of ketones is 2. The lowest BCUT2D eigenvalue weighted by Gasteiger charge is -2.68. The van der Waals surface area contributed by atoms with E-state index in [1.54, 1.807) is 0 Å². The van der Waals surface area contributed by atoms with Gasteiger partial charge < -0.3 is 5.32 Å². The minimum Gasteiger partial charge on any atom is -0.350 e. The van der Waals surface area contributed by atoms with Crippen LogP contribution < -0.4 is 5.32 Å². The van der Waals surface area contributed by atoms with Crippen molar-refractivity contribution in [3.63, 3.8) is 0 Å². The number of amides is 1. The normalized spacial score (nSPS) is 46.2. The number of nitrogens with one attached hydrogen (secondary N) is 1. The molecule has 0 radical (unpaired) electrons. The van der Waals surface area contributed by atoms with E-state index in [0.29, 0.717) is 6.42 Å². The van der Waals surface area contributed by atoms with Gasteiger partial charge in [0.25, 0.3) is 0 Å². The first-order valence-corrected chi connectivity index (χ1v) is 14.4. The Morgan fingerprint density at radius 1 is 1.05 bits per heavy atom. The van der Waals surface area contributed by atoms with Crippen molar-refractivity contribution in [1.29, 1.82) is 5.26 Å². The van der Waals surface area contributed by atoms with E-state index in [2.05, 4.69) is 46.0 Å². The molecule has 5 rings (SSSR count). The maximum atomic E-state index is 14.4. The summed E-state index contributed by atoms with van der Waals surface area (Å²) < 4.78 is 0. The highest BCUT2D eigenvalue weighted by Gasteiger charge is 2.69. The summed E-state index contributed by atoms with van der Waals surface area (Å²) >= 11 is 0. The lowest BCUT2D eigenvalue weighted by Crippen LogP contribution is -2.69. The zero-order valence-corrected chi connectivity index (χ0v) is 23.8. The zero-order valence-electron chi connectivity index (χ0n) is 23.8. The average Bonchev–Trinajstić information content (AvgIpc) is 2.83. The van der Waals surface area contributed by atoms with Crippen LogP contribution in [-0.4, -0.2) is 23.0 Å². The Balaban J connectivity index is 1.66. The van der Waals surface area contributed by atoms with Gasteiger partial charge in [0.15, 0.2) is 11.6 Å². The second-order valence-corrected chi connectivity index (χ2v) is 14.5. The van der Waals surface area contributed by atoms with Crippen molar-refractivity contribution in [1.82, 2.24) is 5.32 Å². The van der Waals surface area contributed by atoms with Gasteiger partial charge in [0.05, 0.1) is 5.57 Å². The lowest BCUT2D eigenvalue weighted by molar-refractivity contribution is -0.162. The third-order valence-electron chi connectivity index (χ3n) is 12.2. The van der Waals surface area contributed by atoms with E-state index < -0.39 is 5.41 Å². The number of nitrogens with zero attached hydrogens (tertiary/aromatic N) is 1. The monoisotopic (exact) mass is 504 g/mol. The predicted octanol–water partition coefficient (Wildman–Crippen LogP) is 6.09. The van der Waals surface area contributed by atoms with Gasteiger partial charge in [-0.1, -0.05) is 60.1 Å². The van der Waals surface area contributed by atoms with Crippen LogP contribution in [-0.2, 0) is 14.4 Å². The van der Waals surface area contributed by atoms with Gasteiger partial charge in [0.2, 0.25) is 5.91 Å². The Morgan fingerprint density at radius 3 is 2.38 bits per heavy atom. The molecule has 5 heteroatoms. The number of rotatable bonds is 2. The van der Waals surface area contributed by atoms with Gasteiger partial charge in [-0.2, -0.15) is 5.26 Å². The first kappa shape index (κ1) is 26.4. The topological polar surface area (TPSA) is 87.0 Å². The van der Waals surface area contributed by atoms with Gasteiger partial charge >= 0.3 is 0 Å². The standard InChI is InChI=1S/C32H44N2O3/c1-8-25(36)34-32-13-11-28(3,4)17-22(32)26-23(35)15-24-29(5)16-20(18-33)27(37)19(2)21(29)9-10-30(24,6)31(26,7)12-14-32/h15-16,19,21-22,26H,8-14,17H2,1-7H3,(H,34,36)/t19-,21-,22?,26?,29-,30+,31+,32-/m0/s1. The van der Waals surface area contributed by atoms with Gasteiger partial charge in [-0.05, 0) is 79.1 Å². The Kier molecular flexibility index (Phi) is 5.81. The van der Waals surface area contributed by atoms with E-state index in [9.17, 15) is 19.6 Å². The minimum atomic E-state index is -0.480. The summed E-state index contributed by atoms with van der Waals surface area (Å²) in [6, 6.07) is 2.16. The number of fused-ring (bicyclic) bond motifs is 7. The van der Waals surface area contributed by atoms with E-state index in [1.807, 2.05) is 26.0 Å². The summed E-state index contributed by atoms with van der Waals surface area (Å²) in [5.74, 6) is 0.0543. The van der Waals surface area contributed by atoms with Gasteiger partial charge in [0, 0.05) is 29.2 Å². The lowest BCUT2D eigenvalue weighted by atomic mass is 9.36. The first-order valence-electron chi connectivity index (χ1n) is 14.4. The highest BCUT2D eigenvalue weighted by atomic mass is 16.2. The summed E-state index contributed by atoms with van der Waals surface area (Å²) in [6.45, 7) is 15.3. The Morgan fingerprint density at radius 2 is 1.73 bits per heavy atom. The van der Waals surface area contributed by atoms with E-state index in [0.717, 1.165) is 50.5 Å². The predicted molar refractivity (Wildman–Crippen MR) is 143 cm³/mol. The molecule has 0 spiro atoms. The summed E-state index contributed by atoms with van der Waals surface area (Å²) in [5.41, 5.74) is 0.253. The number of hydrogen-bond acceptors (Lipinski definition) is 4. The molecule has 1 N–H and O–H groups in total. The fourth-order valence-electron chi connectivity index (χ4n) is 9.84. The number of carbonyl (C=O) groups excluding carboxylic acids is 3. The maximum absolute atomic E-state index is 14.4. The SMILES string of the molecule is CCC(=O)N[C@]12CCC(C)(C)CC1C1C(=O)C=C3[C@@]4(C)C=C(C#N)C(=O)[C@@H](C)[C@@H]4CC[C@@]3(C)[C@]1(C)CC2. The molecule has 8 atom stereocenters. The zero-order chi connectivity index (χ0) is 27.2. The summed E-state index contributed by atoms with van der Waals surface area (Å²) in [6.07, 6.45) is 10.9. The third kappa shape index (κ3) is 3.43. The molecule has 3 saturated carbocycles. The fourth-order valence-corrected chi connectivity index (χ4v) is 9.84. The molecule has 0 saturated heterocycles. The number of allylic oxidation sites excluding steroid dienone is 4. The molecule has 200 valence electrons. The maximum Gasteiger partial charge on any atom is 0.220 e. The molecule has 0 aromatic heterocycles. The molecular formula is C32H44N2O3. The van der Waals surface area contributed by atoms with Crippen LogP contribution in [0.2, 0.25) is 0 Å². The van der Waals surface area contributed by atoms with Gasteiger partial charge in [0.1, 0.15) is 6.07 Å². The number of carbonyl (C=O) groups is 3. The van der Waals surface area contributed by atoms with E-state index in [1.165, 1.54) is 0 Å². The summed E-state index contributed by atoms with van der Waals surface area (Å²) in [7, 11) is 0. The van der Waals surface area contributed by atoms with Crippen LogP contribution in [0.25, 0.3) is 0 Å². The molecule has 0 aromatic rings. The van der Waals surface area contributed by atoms with Gasteiger partial charge in [-0.3, -0.25) is 14.4 Å². The molecule has 5 aliphatic carbocycles. The van der Waals surface area contributed by atoms with Crippen LogP contribution >= 0.6 is 0 Å². The van der Waals surface area contributed by atoms with Crippen LogP contribution in [0.1, 0.15) is 99.8 Å².